The lowest BCUT2D eigenvalue weighted by atomic mass is 9.93. The van der Waals surface area contributed by atoms with Crippen LogP contribution >= 0.6 is 0 Å². The molecule has 0 spiro atoms. The summed E-state index contributed by atoms with van der Waals surface area (Å²) in [5.41, 5.74) is 3.55. The van der Waals surface area contributed by atoms with Gasteiger partial charge in [0.05, 0.1) is 18.9 Å². The van der Waals surface area contributed by atoms with E-state index in [-0.39, 0.29) is 24.9 Å². The van der Waals surface area contributed by atoms with E-state index < -0.39 is 27.8 Å². The monoisotopic (exact) mass is 598 g/mol. The third-order valence-corrected chi connectivity index (χ3v) is 7.86. The lowest BCUT2D eigenvalue weighted by Gasteiger charge is -2.19. The maximum absolute atomic E-state index is 13.4. The van der Waals surface area contributed by atoms with E-state index in [4.69, 9.17) is 9.15 Å². The topological polar surface area (TPSA) is 126 Å². The number of nitrogens with zero attached hydrogens (tertiary/aromatic N) is 1. The molecule has 0 aliphatic carbocycles. The highest BCUT2D eigenvalue weighted by Gasteiger charge is 2.25. The number of carboxylic acids is 1. The summed E-state index contributed by atoms with van der Waals surface area (Å²) in [7, 11) is 0.577. The minimum Gasteiger partial charge on any atom is -0.480 e. The molecule has 10 heteroatoms. The van der Waals surface area contributed by atoms with E-state index in [2.05, 4.69) is 12.2 Å². The Morgan fingerprint density at radius 1 is 1.05 bits per heavy atom. The average molecular weight is 599 g/mol. The Morgan fingerprint density at radius 3 is 2.43 bits per heavy atom. The molecule has 1 aromatic heterocycles. The molecule has 0 saturated heterocycles. The van der Waals surface area contributed by atoms with Crippen molar-refractivity contribution in [3.8, 4) is 11.1 Å². The number of aliphatic carboxylic acids is 1. The second-order valence-electron chi connectivity index (χ2n) is 11.0. The van der Waals surface area contributed by atoms with Crippen molar-refractivity contribution in [1.82, 2.24) is 10.2 Å². The van der Waals surface area contributed by atoms with Crippen LogP contribution in [0.1, 0.15) is 71.7 Å². The van der Waals surface area contributed by atoms with Gasteiger partial charge in [-0.05, 0) is 80.4 Å². The van der Waals surface area contributed by atoms with Crippen LogP contribution in [0.2, 0.25) is 0 Å². The first-order valence-electron chi connectivity index (χ1n) is 14.1. The zero-order chi connectivity index (χ0) is 30.9. The maximum atomic E-state index is 13.4. The summed E-state index contributed by atoms with van der Waals surface area (Å²) in [6.07, 6.45) is 3.39. The SMILES string of the molecule is CCCCC(OCc1ccc(C(=O)NC(CCS(C)(=O)=O)C(=O)O)c(-c2ccccc2C)c1)c1ccc(CN(C)C)o1. The van der Waals surface area contributed by atoms with Gasteiger partial charge in [0, 0.05) is 11.8 Å². The zero-order valence-electron chi connectivity index (χ0n) is 25.1. The molecule has 0 radical (unpaired) electrons. The molecule has 0 aliphatic rings. The number of carboxylic acid groups (broad SMARTS) is 1. The van der Waals surface area contributed by atoms with Gasteiger partial charge in [-0.3, -0.25) is 4.79 Å². The van der Waals surface area contributed by atoms with Gasteiger partial charge < -0.3 is 24.5 Å². The van der Waals surface area contributed by atoms with E-state index in [9.17, 15) is 23.1 Å². The van der Waals surface area contributed by atoms with Gasteiger partial charge in [-0.15, -0.1) is 0 Å². The van der Waals surface area contributed by atoms with Gasteiger partial charge in [0.2, 0.25) is 0 Å². The van der Waals surface area contributed by atoms with Crippen LogP contribution < -0.4 is 5.32 Å². The Morgan fingerprint density at radius 2 is 1.79 bits per heavy atom. The third kappa shape index (κ3) is 9.82. The lowest BCUT2D eigenvalue weighted by molar-refractivity contribution is -0.139. The Balaban J connectivity index is 1.89. The Hall–Kier alpha value is -3.47. The van der Waals surface area contributed by atoms with Gasteiger partial charge in [-0.25, -0.2) is 13.2 Å². The quantitative estimate of drug-likeness (QED) is 0.225. The summed E-state index contributed by atoms with van der Waals surface area (Å²) < 4.78 is 35.7. The van der Waals surface area contributed by atoms with E-state index in [1.807, 2.05) is 68.4 Å². The Bertz CT molecular complexity index is 1460. The highest BCUT2D eigenvalue weighted by molar-refractivity contribution is 7.90. The van der Waals surface area contributed by atoms with Gasteiger partial charge in [0.15, 0.2) is 0 Å². The number of carbonyl (C=O) groups is 2. The number of sulfone groups is 1. The molecule has 2 N–H and O–H groups in total. The number of furan rings is 1. The number of rotatable bonds is 16. The number of ether oxygens (including phenoxy) is 1. The third-order valence-electron chi connectivity index (χ3n) is 6.89. The molecule has 3 aromatic rings. The van der Waals surface area contributed by atoms with Crippen molar-refractivity contribution in [3.05, 3.63) is 82.8 Å². The minimum absolute atomic E-state index is 0.225. The summed E-state index contributed by atoms with van der Waals surface area (Å²) in [6, 6.07) is 15.6. The highest BCUT2D eigenvalue weighted by atomic mass is 32.2. The van der Waals surface area contributed by atoms with Crippen molar-refractivity contribution < 1.29 is 32.3 Å². The largest absolute Gasteiger partial charge is 0.480 e. The molecule has 9 nitrogen and oxygen atoms in total. The van der Waals surface area contributed by atoms with Crippen LogP contribution in [0.5, 0.6) is 0 Å². The number of carbonyl (C=O) groups excluding carboxylic acids is 1. The molecule has 2 unspecified atom stereocenters. The minimum atomic E-state index is -3.40. The molecule has 0 aliphatic heterocycles. The number of nitrogens with one attached hydrogen (secondary N) is 1. The average Bonchev–Trinajstić information content (AvgIpc) is 3.38. The lowest BCUT2D eigenvalue weighted by Crippen LogP contribution is -2.42. The molecule has 0 fully saturated rings. The van der Waals surface area contributed by atoms with Crippen LogP contribution in [-0.4, -0.2) is 62.4 Å². The second kappa shape index (κ2) is 15.1. The van der Waals surface area contributed by atoms with E-state index >= 15 is 0 Å². The Kier molecular flexibility index (Phi) is 11.9. The second-order valence-corrected chi connectivity index (χ2v) is 13.2. The van der Waals surface area contributed by atoms with E-state index in [0.717, 1.165) is 53.7 Å². The molecule has 0 bridgehead atoms. The fourth-order valence-electron chi connectivity index (χ4n) is 4.66. The van der Waals surface area contributed by atoms with E-state index in [1.165, 1.54) is 0 Å². The van der Waals surface area contributed by atoms with Crippen LogP contribution in [0.3, 0.4) is 0 Å². The zero-order valence-corrected chi connectivity index (χ0v) is 25.9. The van der Waals surface area contributed by atoms with Crippen LogP contribution in [0.25, 0.3) is 11.1 Å². The van der Waals surface area contributed by atoms with Gasteiger partial charge in [0.1, 0.15) is 33.5 Å². The fourth-order valence-corrected chi connectivity index (χ4v) is 5.32. The van der Waals surface area contributed by atoms with E-state index in [0.29, 0.717) is 17.7 Å². The summed E-state index contributed by atoms with van der Waals surface area (Å²) in [4.78, 5) is 27.2. The van der Waals surface area contributed by atoms with Crippen LogP contribution in [-0.2, 0) is 32.5 Å². The molecular weight excluding hydrogens is 556 g/mol. The number of amides is 1. The molecule has 2 aromatic carbocycles. The normalized spacial score (nSPS) is 13.2. The number of hydrogen-bond acceptors (Lipinski definition) is 7. The van der Waals surface area contributed by atoms with Crippen molar-refractivity contribution >= 4 is 21.7 Å². The van der Waals surface area contributed by atoms with Gasteiger partial charge >= 0.3 is 5.97 Å². The molecule has 42 heavy (non-hydrogen) atoms. The summed E-state index contributed by atoms with van der Waals surface area (Å²) in [6.45, 7) is 5.05. The number of aryl methyl sites for hydroxylation is 1. The predicted octanol–water partition coefficient (Wildman–Crippen LogP) is 5.38. The molecular formula is C32H42N2O7S. The maximum Gasteiger partial charge on any atom is 0.326 e. The summed E-state index contributed by atoms with van der Waals surface area (Å²) >= 11 is 0. The van der Waals surface area contributed by atoms with E-state index in [1.54, 1.807) is 12.1 Å². The smallest absolute Gasteiger partial charge is 0.326 e. The molecule has 3 rings (SSSR count). The summed E-state index contributed by atoms with van der Waals surface area (Å²) in [5.74, 6) is -0.583. The van der Waals surface area contributed by atoms with Crippen LogP contribution in [0, 0.1) is 6.92 Å². The van der Waals surface area contributed by atoms with Gasteiger partial charge in [0.25, 0.3) is 5.91 Å². The fraction of sp³-hybridized carbons (Fsp3) is 0.438. The van der Waals surface area contributed by atoms with Crippen LogP contribution in [0.4, 0.5) is 0 Å². The van der Waals surface area contributed by atoms with Gasteiger partial charge in [-0.1, -0.05) is 50.1 Å². The van der Waals surface area contributed by atoms with Crippen molar-refractivity contribution in [3.63, 3.8) is 0 Å². The summed E-state index contributed by atoms with van der Waals surface area (Å²) in [5, 5.41) is 12.1. The van der Waals surface area contributed by atoms with Crippen molar-refractivity contribution in [2.45, 2.75) is 64.8 Å². The molecule has 228 valence electrons. The molecule has 1 heterocycles. The van der Waals surface area contributed by atoms with Crippen molar-refractivity contribution in [2.24, 2.45) is 0 Å². The first-order valence-corrected chi connectivity index (χ1v) is 16.2. The van der Waals surface area contributed by atoms with Crippen LogP contribution in [0.15, 0.2) is 59.0 Å². The molecule has 0 saturated carbocycles. The number of hydrogen-bond donors (Lipinski definition) is 2. The van der Waals surface area contributed by atoms with Gasteiger partial charge in [-0.2, -0.15) is 0 Å². The first-order chi connectivity index (χ1) is 19.9. The number of unbranched alkanes of at least 4 members (excludes halogenated alkanes) is 1. The predicted molar refractivity (Wildman–Crippen MR) is 163 cm³/mol. The van der Waals surface area contributed by atoms with Crippen molar-refractivity contribution in [1.29, 1.82) is 0 Å². The number of benzene rings is 2. The first kappa shape index (κ1) is 33.0. The molecule has 1 amide bonds. The standard InChI is InChI=1S/C32H42N2O7S/c1-6-7-12-29(30-16-14-24(41-30)20-34(3)4)40-21-23-13-15-26(27(19-23)25-11-9-8-10-22(25)2)31(35)33-28(32(36)37)17-18-42(5,38)39/h8-11,13-16,19,28-29H,6-7,12,17-18,20-21H2,1-5H3,(H,33,35)(H,36,37). The van der Waals surface area contributed by atoms with Crippen molar-refractivity contribution in [2.75, 3.05) is 26.1 Å². The Labute approximate surface area is 248 Å². The molecule has 2 atom stereocenters. The highest BCUT2D eigenvalue weighted by Crippen LogP contribution is 2.31.